The Morgan fingerprint density at radius 1 is 1.12 bits per heavy atom. The zero-order valence-corrected chi connectivity index (χ0v) is 14.7. The SMILES string of the molecule is Cc1ccc(NC(=O)c2cc(NCc3ccc(F)cc3)ncn2)cc1Cl. The van der Waals surface area contributed by atoms with Crippen molar-refractivity contribution in [3.8, 4) is 0 Å². The first-order valence-electron chi connectivity index (χ1n) is 7.89. The number of aromatic nitrogens is 2. The Morgan fingerprint density at radius 3 is 2.62 bits per heavy atom. The summed E-state index contributed by atoms with van der Waals surface area (Å²) in [6, 6.07) is 13.0. The molecule has 2 N–H and O–H groups in total. The number of rotatable bonds is 5. The van der Waals surface area contributed by atoms with Crippen LogP contribution in [0.15, 0.2) is 54.9 Å². The van der Waals surface area contributed by atoms with E-state index in [4.69, 9.17) is 11.6 Å². The van der Waals surface area contributed by atoms with Crippen LogP contribution in [-0.4, -0.2) is 15.9 Å². The summed E-state index contributed by atoms with van der Waals surface area (Å²) in [5.41, 5.74) is 2.63. The van der Waals surface area contributed by atoms with Crippen LogP contribution in [0.25, 0.3) is 0 Å². The number of benzene rings is 2. The van der Waals surface area contributed by atoms with E-state index in [1.165, 1.54) is 18.5 Å². The van der Waals surface area contributed by atoms with Crippen LogP contribution in [0.1, 0.15) is 21.6 Å². The Kier molecular flexibility index (Phi) is 5.43. The molecule has 0 saturated carbocycles. The van der Waals surface area contributed by atoms with E-state index in [2.05, 4.69) is 20.6 Å². The van der Waals surface area contributed by atoms with Crippen molar-refractivity contribution in [3.63, 3.8) is 0 Å². The van der Waals surface area contributed by atoms with Gasteiger partial charge in [0.2, 0.25) is 0 Å². The Labute approximate surface area is 155 Å². The molecule has 0 bridgehead atoms. The Bertz CT molecular complexity index is 931. The van der Waals surface area contributed by atoms with Gasteiger partial charge >= 0.3 is 0 Å². The third-order valence-electron chi connectivity index (χ3n) is 3.72. The van der Waals surface area contributed by atoms with Crippen LogP contribution in [0.2, 0.25) is 5.02 Å². The molecule has 3 aromatic rings. The monoisotopic (exact) mass is 370 g/mol. The molecule has 0 saturated heterocycles. The van der Waals surface area contributed by atoms with Gasteiger partial charge in [0, 0.05) is 23.3 Å². The number of anilines is 2. The van der Waals surface area contributed by atoms with Crippen molar-refractivity contribution in [2.45, 2.75) is 13.5 Å². The molecule has 1 heterocycles. The molecule has 132 valence electrons. The van der Waals surface area contributed by atoms with Crippen LogP contribution in [0.3, 0.4) is 0 Å². The summed E-state index contributed by atoms with van der Waals surface area (Å²) in [7, 11) is 0. The fourth-order valence-corrected chi connectivity index (χ4v) is 2.42. The average molecular weight is 371 g/mol. The first-order valence-corrected chi connectivity index (χ1v) is 8.27. The summed E-state index contributed by atoms with van der Waals surface area (Å²) in [6.07, 6.45) is 1.31. The topological polar surface area (TPSA) is 66.9 Å². The number of hydrogen-bond donors (Lipinski definition) is 2. The number of halogens is 2. The highest BCUT2D eigenvalue weighted by molar-refractivity contribution is 6.31. The number of hydrogen-bond acceptors (Lipinski definition) is 4. The maximum absolute atomic E-state index is 12.9. The molecule has 0 fully saturated rings. The lowest BCUT2D eigenvalue weighted by atomic mass is 10.2. The highest BCUT2D eigenvalue weighted by Gasteiger charge is 2.10. The Balaban J connectivity index is 1.66. The van der Waals surface area contributed by atoms with Crippen molar-refractivity contribution in [2.75, 3.05) is 10.6 Å². The molecule has 0 aliphatic rings. The first kappa shape index (κ1) is 17.8. The van der Waals surface area contributed by atoms with Gasteiger partial charge in [0.05, 0.1) is 0 Å². The van der Waals surface area contributed by atoms with E-state index in [0.29, 0.717) is 23.1 Å². The smallest absolute Gasteiger partial charge is 0.274 e. The van der Waals surface area contributed by atoms with E-state index in [1.54, 1.807) is 30.3 Å². The molecule has 0 unspecified atom stereocenters. The summed E-state index contributed by atoms with van der Waals surface area (Å²) < 4.78 is 12.9. The van der Waals surface area contributed by atoms with Gasteiger partial charge in [-0.05, 0) is 42.3 Å². The quantitative estimate of drug-likeness (QED) is 0.696. The van der Waals surface area contributed by atoms with Crippen molar-refractivity contribution < 1.29 is 9.18 Å². The van der Waals surface area contributed by atoms with Gasteiger partial charge in [-0.25, -0.2) is 14.4 Å². The Hall–Kier alpha value is -2.99. The zero-order valence-electron chi connectivity index (χ0n) is 14.0. The molecule has 3 rings (SSSR count). The van der Waals surface area contributed by atoms with Crippen molar-refractivity contribution in [2.24, 2.45) is 0 Å². The lowest BCUT2D eigenvalue weighted by Gasteiger charge is -2.08. The van der Waals surface area contributed by atoms with Crippen LogP contribution < -0.4 is 10.6 Å². The zero-order chi connectivity index (χ0) is 18.5. The molecule has 0 radical (unpaired) electrons. The van der Waals surface area contributed by atoms with Gasteiger partial charge in [-0.2, -0.15) is 0 Å². The minimum absolute atomic E-state index is 0.221. The molecule has 5 nitrogen and oxygen atoms in total. The summed E-state index contributed by atoms with van der Waals surface area (Å²) >= 11 is 6.07. The highest BCUT2D eigenvalue weighted by atomic mass is 35.5. The van der Waals surface area contributed by atoms with Crippen LogP contribution in [-0.2, 0) is 6.54 Å². The molecule has 26 heavy (non-hydrogen) atoms. The van der Waals surface area contributed by atoms with E-state index in [9.17, 15) is 9.18 Å². The van der Waals surface area contributed by atoms with Gasteiger partial charge in [0.1, 0.15) is 23.7 Å². The maximum Gasteiger partial charge on any atom is 0.274 e. The molecular weight excluding hydrogens is 355 g/mol. The fraction of sp³-hybridized carbons (Fsp3) is 0.105. The summed E-state index contributed by atoms with van der Waals surface area (Å²) in [5, 5.41) is 6.41. The minimum atomic E-state index is -0.364. The van der Waals surface area contributed by atoms with Crippen LogP contribution in [0.5, 0.6) is 0 Å². The summed E-state index contributed by atoms with van der Waals surface area (Å²) in [4.78, 5) is 20.4. The number of carbonyl (C=O) groups is 1. The van der Waals surface area contributed by atoms with Gasteiger partial charge < -0.3 is 10.6 Å². The van der Waals surface area contributed by atoms with Crippen LogP contribution in [0.4, 0.5) is 15.9 Å². The first-order chi connectivity index (χ1) is 12.5. The Morgan fingerprint density at radius 2 is 1.88 bits per heavy atom. The molecule has 1 aromatic heterocycles. The standard InChI is InChI=1S/C19H16ClFN4O/c1-12-2-7-15(8-16(12)20)25-19(26)17-9-18(24-11-23-17)22-10-13-3-5-14(21)6-4-13/h2-9,11H,10H2,1H3,(H,25,26)(H,22,23,24). The predicted molar refractivity (Wildman–Crippen MR) is 99.9 cm³/mol. The minimum Gasteiger partial charge on any atom is -0.366 e. The largest absolute Gasteiger partial charge is 0.366 e. The maximum atomic E-state index is 12.9. The van der Waals surface area contributed by atoms with Crippen molar-refractivity contribution >= 4 is 29.0 Å². The molecular formula is C19H16ClFN4O. The molecule has 1 amide bonds. The summed E-state index contributed by atoms with van der Waals surface area (Å²) in [5.74, 6) is -0.153. The molecule has 0 atom stereocenters. The fourth-order valence-electron chi connectivity index (χ4n) is 2.24. The molecule has 0 aliphatic carbocycles. The second kappa shape index (κ2) is 7.93. The van der Waals surface area contributed by atoms with E-state index in [-0.39, 0.29) is 17.4 Å². The average Bonchev–Trinajstić information content (AvgIpc) is 2.64. The molecule has 2 aromatic carbocycles. The van der Waals surface area contributed by atoms with E-state index in [1.807, 2.05) is 13.0 Å². The van der Waals surface area contributed by atoms with E-state index >= 15 is 0 Å². The van der Waals surface area contributed by atoms with Gasteiger partial charge in [0.15, 0.2) is 0 Å². The third kappa shape index (κ3) is 4.55. The summed E-state index contributed by atoms with van der Waals surface area (Å²) in [6.45, 7) is 2.34. The highest BCUT2D eigenvalue weighted by Crippen LogP contribution is 2.20. The lowest BCUT2D eigenvalue weighted by Crippen LogP contribution is -2.14. The predicted octanol–water partition coefficient (Wildman–Crippen LogP) is 4.44. The van der Waals surface area contributed by atoms with E-state index < -0.39 is 0 Å². The molecule has 0 aliphatic heterocycles. The lowest BCUT2D eigenvalue weighted by molar-refractivity contribution is 0.102. The van der Waals surface area contributed by atoms with Crippen LogP contribution in [0, 0.1) is 12.7 Å². The number of nitrogens with one attached hydrogen (secondary N) is 2. The number of nitrogens with zero attached hydrogens (tertiary/aromatic N) is 2. The van der Waals surface area contributed by atoms with Gasteiger partial charge in [-0.1, -0.05) is 29.8 Å². The van der Waals surface area contributed by atoms with Crippen molar-refractivity contribution in [3.05, 3.63) is 82.5 Å². The molecule has 7 heteroatoms. The normalized spacial score (nSPS) is 10.4. The number of carbonyl (C=O) groups excluding carboxylic acids is 1. The van der Waals surface area contributed by atoms with Gasteiger partial charge in [-0.15, -0.1) is 0 Å². The second-order valence-electron chi connectivity index (χ2n) is 5.69. The van der Waals surface area contributed by atoms with Crippen molar-refractivity contribution in [1.82, 2.24) is 9.97 Å². The van der Waals surface area contributed by atoms with Gasteiger partial charge in [-0.3, -0.25) is 4.79 Å². The second-order valence-corrected chi connectivity index (χ2v) is 6.09. The van der Waals surface area contributed by atoms with Crippen LogP contribution >= 0.6 is 11.6 Å². The number of aryl methyl sites for hydroxylation is 1. The molecule has 0 spiro atoms. The van der Waals surface area contributed by atoms with E-state index in [0.717, 1.165) is 11.1 Å². The van der Waals surface area contributed by atoms with Crippen molar-refractivity contribution in [1.29, 1.82) is 0 Å². The van der Waals surface area contributed by atoms with Gasteiger partial charge in [0.25, 0.3) is 5.91 Å². The third-order valence-corrected chi connectivity index (χ3v) is 4.12. The number of amides is 1.